The van der Waals surface area contributed by atoms with Gasteiger partial charge in [-0.05, 0) is 155 Å². The molecule has 0 aromatic heterocycles. The number of hydrogen-bond acceptors (Lipinski definition) is 4. The minimum Gasteiger partial charge on any atom is -0.491 e. The topological polar surface area (TPSA) is 24.9 Å². The molecule has 342 valence electrons. The van der Waals surface area contributed by atoms with Crippen LogP contribution in [0.2, 0.25) is 0 Å². The predicted molar refractivity (Wildman–Crippen MR) is 265 cm³/mol. The molecule has 0 N–H and O–H groups in total. The molecule has 3 unspecified atom stereocenters. The third-order valence-corrected chi connectivity index (χ3v) is 13.3. The summed E-state index contributed by atoms with van der Waals surface area (Å²) in [5.41, 5.74) is 9.23. The highest BCUT2D eigenvalue weighted by Crippen LogP contribution is 2.52. The summed E-state index contributed by atoms with van der Waals surface area (Å²) in [6, 6.07) is 48.6. The summed E-state index contributed by atoms with van der Waals surface area (Å²) in [6.45, 7) is 16.2. The molecule has 6 aromatic rings. The molecule has 8 rings (SSSR count). The maximum atomic E-state index is 14.6. The Morgan fingerprint density at radius 1 is 0.606 bits per heavy atom. The Balaban J connectivity index is 1.22. The number of ether oxygens (including phenoxy) is 2. The third kappa shape index (κ3) is 10.1. The molecule has 0 saturated carbocycles. The van der Waals surface area contributed by atoms with E-state index in [9.17, 15) is 13.2 Å². The summed E-state index contributed by atoms with van der Waals surface area (Å²) in [5, 5.41) is 0. The first-order valence-electron chi connectivity index (χ1n) is 23.5. The van der Waals surface area contributed by atoms with Crippen LogP contribution < -0.4 is 19.3 Å². The zero-order chi connectivity index (χ0) is 46.6. The van der Waals surface area contributed by atoms with E-state index in [4.69, 9.17) is 9.47 Å². The number of hydrogen-bond donors (Lipinski definition) is 0. The number of halogens is 3. The smallest absolute Gasteiger partial charge is 0.416 e. The molecule has 0 radical (unpaired) electrons. The molecule has 2 aliphatic rings. The van der Waals surface area contributed by atoms with Crippen molar-refractivity contribution >= 4 is 11.4 Å². The maximum Gasteiger partial charge on any atom is 0.416 e. The standard InChI is InChI=1S/C59H63F3N2O2/c1-41(2)65-49-27-22-44(23-28-49)33-35-63-53-31-21-43(5)37-51(53)57(6,39-46-15-10-8-11-16-46)55(63)19-14-20-56-58(7,40-47-17-12-9-13-18-47)52-38-48(59(60,61)62)26-32-54(52)64(56)36-34-45-24-29-50(30-25-45)66-42(3)4/h8-32,37-38,41-42,55H,33-36,39-40H2,1-7H3/b19-14+,56-20+. The largest absolute Gasteiger partial charge is 0.491 e. The maximum absolute atomic E-state index is 14.6. The second-order valence-electron chi connectivity index (χ2n) is 19.2. The van der Waals surface area contributed by atoms with Crippen molar-refractivity contribution in [2.75, 3.05) is 22.9 Å². The molecule has 0 spiro atoms. The van der Waals surface area contributed by atoms with Crippen molar-refractivity contribution in [3.8, 4) is 11.5 Å². The van der Waals surface area contributed by atoms with Gasteiger partial charge in [0.1, 0.15) is 11.5 Å². The van der Waals surface area contributed by atoms with E-state index in [-0.39, 0.29) is 23.7 Å². The Morgan fingerprint density at radius 2 is 1.15 bits per heavy atom. The number of nitrogens with zero attached hydrogens (tertiary/aromatic N) is 2. The number of anilines is 2. The summed E-state index contributed by atoms with van der Waals surface area (Å²) < 4.78 is 55.6. The number of fused-ring (bicyclic) bond motifs is 2. The summed E-state index contributed by atoms with van der Waals surface area (Å²) in [5.74, 6) is 1.68. The molecular weight excluding hydrogens is 826 g/mol. The van der Waals surface area contributed by atoms with E-state index in [2.05, 4.69) is 146 Å². The lowest BCUT2D eigenvalue weighted by atomic mass is 9.73. The summed E-state index contributed by atoms with van der Waals surface area (Å²) in [4.78, 5) is 4.83. The van der Waals surface area contributed by atoms with Crippen LogP contribution >= 0.6 is 0 Å². The van der Waals surface area contributed by atoms with E-state index in [1.165, 1.54) is 40.1 Å². The van der Waals surface area contributed by atoms with Crippen LogP contribution in [0.15, 0.2) is 170 Å². The van der Waals surface area contributed by atoms with Gasteiger partial charge in [-0.2, -0.15) is 13.2 Å². The van der Waals surface area contributed by atoms with Gasteiger partial charge in [0.2, 0.25) is 0 Å². The first-order valence-corrected chi connectivity index (χ1v) is 23.5. The quantitative estimate of drug-likeness (QED) is 0.0967. The zero-order valence-corrected chi connectivity index (χ0v) is 39.4. The molecular formula is C59H63F3N2O2. The molecule has 3 atom stereocenters. The van der Waals surface area contributed by atoms with E-state index < -0.39 is 17.2 Å². The van der Waals surface area contributed by atoms with Crippen LogP contribution in [0.5, 0.6) is 11.5 Å². The van der Waals surface area contributed by atoms with Crippen molar-refractivity contribution in [2.45, 2.75) is 109 Å². The van der Waals surface area contributed by atoms with Gasteiger partial charge in [-0.3, -0.25) is 0 Å². The number of aryl methyl sites for hydroxylation is 1. The fourth-order valence-electron chi connectivity index (χ4n) is 10.2. The van der Waals surface area contributed by atoms with E-state index >= 15 is 0 Å². The first kappa shape index (κ1) is 46.3. The van der Waals surface area contributed by atoms with Crippen molar-refractivity contribution < 1.29 is 22.6 Å². The van der Waals surface area contributed by atoms with Gasteiger partial charge in [-0.1, -0.05) is 122 Å². The molecule has 0 aliphatic carbocycles. The minimum absolute atomic E-state index is 0.0316. The number of allylic oxidation sites excluding steroid dienone is 3. The molecule has 4 nitrogen and oxygen atoms in total. The van der Waals surface area contributed by atoms with Crippen LogP contribution in [0.3, 0.4) is 0 Å². The van der Waals surface area contributed by atoms with Gasteiger partial charge in [0.25, 0.3) is 0 Å². The molecule has 0 amide bonds. The van der Waals surface area contributed by atoms with E-state index in [1.54, 1.807) is 6.07 Å². The van der Waals surface area contributed by atoms with Gasteiger partial charge >= 0.3 is 6.18 Å². The third-order valence-electron chi connectivity index (χ3n) is 13.3. The van der Waals surface area contributed by atoms with Gasteiger partial charge < -0.3 is 19.3 Å². The van der Waals surface area contributed by atoms with Crippen molar-refractivity contribution in [2.24, 2.45) is 0 Å². The highest BCUT2D eigenvalue weighted by atomic mass is 19.4. The van der Waals surface area contributed by atoms with Crippen LogP contribution in [0.25, 0.3) is 0 Å². The molecule has 2 heterocycles. The Labute approximate surface area is 390 Å². The lowest BCUT2D eigenvalue weighted by Gasteiger charge is -2.36. The summed E-state index contributed by atoms with van der Waals surface area (Å²) in [6.07, 6.45) is 5.32. The van der Waals surface area contributed by atoms with Crippen molar-refractivity contribution in [3.63, 3.8) is 0 Å². The van der Waals surface area contributed by atoms with Crippen molar-refractivity contribution in [3.05, 3.63) is 214 Å². The molecule has 7 heteroatoms. The number of alkyl halides is 3. The monoisotopic (exact) mass is 888 g/mol. The SMILES string of the molecule is Cc1ccc2c(c1)C(C)(Cc1ccccc1)C(/C=C/C=C1/N(CCc3ccc(OC(C)C)cc3)c3ccc(C(F)(F)F)cc3C1(C)Cc1ccccc1)N2CCc1ccc(OC(C)C)cc1. The van der Waals surface area contributed by atoms with Gasteiger partial charge in [0.05, 0.1) is 23.8 Å². The normalized spacial score (nSPS) is 19.9. The Kier molecular flexibility index (Phi) is 13.6. The Hall–Kier alpha value is -6.21. The van der Waals surface area contributed by atoms with Gasteiger partial charge in [-0.15, -0.1) is 0 Å². The van der Waals surface area contributed by atoms with Crippen molar-refractivity contribution in [1.29, 1.82) is 0 Å². The number of rotatable bonds is 16. The van der Waals surface area contributed by atoms with E-state index in [0.29, 0.717) is 24.9 Å². The molecule has 2 aliphatic heterocycles. The first-order chi connectivity index (χ1) is 31.6. The summed E-state index contributed by atoms with van der Waals surface area (Å²) >= 11 is 0. The van der Waals surface area contributed by atoms with Gasteiger partial charge in [0.15, 0.2) is 0 Å². The average Bonchev–Trinajstić information content (AvgIpc) is 3.64. The van der Waals surface area contributed by atoms with Crippen molar-refractivity contribution in [1.82, 2.24) is 0 Å². The van der Waals surface area contributed by atoms with E-state index in [0.717, 1.165) is 53.4 Å². The van der Waals surface area contributed by atoms with Crippen LogP contribution in [0.4, 0.5) is 24.5 Å². The lowest BCUT2D eigenvalue weighted by molar-refractivity contribution is -0.137. The Morgan fingerprint density at radius 3 is 1.71 bits per heavy atom. The molecule has 66 heavy (non-hydrogen) atoms. The lowest BCUT2D eigenvalue weighted by Crippen LogP contribution is -2.44. The van der Waals surface area contributed by atoms with Crippen LogP contribution in [-0.2, 0) is 42.7 Å². The van der Waals surface area contributed by atoms with Crippen LogP contribution in [0, 0.1) is 6.92 Å². The fourth-order valence-corrected chi connectivity index (χ4v) is 10.2. The molecule has 0 bridgehead atoms. The molecule has 6 aromatic carbocycles. The average molecular weight is 889 g/mol. The van der Waals surface area contributed by atoms with Gasteiger partial charge in [-0.25, -0.2) is 0 Å². The Bertz CT molecular complexity index is 2640. The summed E-state index contributed by atoms with van der Waals surface area (Å²) in [7, 11) is 0. The van der Waals surface area contributed by atoms with Crippen LogP contribution in [-0.4, -0.2) is 31.3 Å². The number of benzene rings is 6. The second kappa shape index (κ2) is 19.3. The molecule has 0 fully saturated rings. The van der Waals surface area contributed by atoms with Crippen LogP contribution in [0.1, 0.15) is 86.1 Å². The van der Waals surface area contributed by atoms with E-state index in [1.807, 2.05) is 58.0 Å². The zero-order valence-electron chi connectivity index (χ0n) is 39.4. The molecule has 0 saturated heterocycles. The minimum atomic E-state index is -4.48. The predicted octanol–water partition coefficient (Wildman–Crippen LogP) is 14.2. The van der Waals surface area contributed by atoms with Gasteiger partial charge in [0, 0.05) is 41.0 Å². The second-order valence-corrected chi connectivity index (χ2v) is 19.2. The fraction of sp³-hybridized carbons (Fsp3) is 0.322. The highest BCUT2D eigenvalue weighted by molar-refractivity contribution is 5.73. The highest BCUT2D eigenvalue weighted by Gasteiger charge is 2.48.